The van der Waals surface area contributed by atoms with Crippen LogP contribution in [0.1, 0.15) is 83.0 Å². The van der Waals surface area contributed by atoms with Crippen LogP contribution < -0.4 is 5.19 Å². The smallest absolute Gasteiger partial charge is 0.216 e. The molecule has 0 aliphatic carbocycles. The number of nitrogens with zero attached hydrogens (tertiary/aromatic N) is 4. The van der Waals surface area contributed by atoms with Crippen molar-refractivity contribution in [3.8, 4) is 39.5 Å². The molecule has 61 heavy (non-hydrogen) atoms. The van der Waals surface area contributed by atoms with Crippen molar-refractivity contribution in [3.63, 3.8) is 0 Å². The Morgan fingerprint density at radius 3 is 2.05 bits per heavy atom. The summed E-state index contributed by atoms with van der Waals surface area (Å²) in [4.78, 5) is 14.5. The quantitative estimate of drug-likeness (QED) is 0.112. The molecule has 0 unspecified atom stereocenters. The van der Waals surface area contributed by atoms with Crippen molar-refractivity contribution < 1.29 is 25.9 Å². The number of furan rings is 1. The number of rotatable bonds is 8. The standard InChI is InChI=1S/C37H32N3O.C17H22NSi.Ir/c1-22(2)30-20-26(25-12-7-6-8-13-25)21-31(23(3)4)34(30)40-33-17-10-9-16-32(33)39-36(40)29-15-11-14-27-28-19-18-24(5)38-37(28)41-35(27)29;1-13(2)14-6-8-15(9-7-14)17-11-10-16(12-18-17)19(3,4)5;/h6-14,16-23H,1-5H3;6-8,10-13H,1-5H3;/q2*-1;/i;13D;. The molecule has 1 radical (unpaired) electrons. The molecule has 5 aromatic carbocycles. The number of para-hydroxylation sites is 2. The summed E-state index contributed by atoms with van der Waals surface area (Å²) < 4.78 is 16.8. The molecule has 0 spiro atoms. The number of pyridine rings is 2. The zero-order valence-corrected chi connectivity index (χ0v) is 40.2. The molecule has 4 heterocycles. The van der Waals surface area contributed by atoms with Gasteiger partial charge in [0.25, 0.3) is 0 Å². The van der Waals surface area contributed by atoms with E-state index in [0.717, 1.165) is 61.3 Å². The molecule has 0 atom stereocenters. The molecule has 0 aliphatic heterocycles. The Hall–Kier alpha value is -5.46. The van der Waals surface area contributed by atoms with Crippen molar-refractivity contribution in [2.75, 3.05) is 0 Å². The van der Waals surface area contributed by atoms with Crippen molar-refractivity contribution in [1.29, 1.82) is 0 Å². The second-order valence-corrected chi connectivity index (χ2v) is 22.7. The SMILES string of the molecule is Cc1ccc2c(n1)oc1c(-c3nc4ccccc4n3-c3c(C(C)C)cc(-c4ccccc4)cc3C(C)C)[c-]ccc12.[2H]C(C)(C)c1c[c-]c(-c2ccc([Si](C)(C)C)cn2)cc1.[Ir]. The van der Waals surface area contributed by atoms with Gasteiger partial charge in [-0.3, -0.25) is 4.98 Å². The first-order chi connectivity index (χ1) is 29.1. The van der Waals surface area contributed by atoms with E-state index in [1.807, 2.05) is 63.4 Å². The summed E-state index contributed by atoms with van der Waals surface area (Å²) in [5.74, 6) is 0.824. The van der Waals surface area contributed by atoms with Gasteiger partial charge in [-0.1, -0.05) is 133 Å². The van der Waals surface area contributed by atoms with Gasteiger partial charge in [-0.05, 0) is 88.3 Å². The van der Waals surface area contributed by atoms with Gasteiger partial charge in [-0.2, -0.15) is 0 Å². The van der Waals surface area contributed by atoms with E-state index in [1.54, 1.807) is 0 Å². The molecule has 311 valence electrons. The van der Waals surface area contributed by atoms with Crippen molar-refractivity contribution in [3.05, 3.63) is 162 Å². The van der Waals surface area contributed by atoms with Crippen LogP contribution in [0, 0.1) is 19.1 Å². The minimum Gasteiger partial charge on any atom is -0.486 e. The Morgan fingerprint density at radius 1 is 0.721 bits per heavy atom. The molecule has 0 amide bonds. The van der Waals surface area contributed by atoms with Gasteiger partial charge < -0.3 is 14.0 Å². The van der Waals surface area contributed by atoms with Crippen LogP contribution in [0.3, 0.4) is 0 Å². The summed E-state index contributed by atoms with van der Waals surface area (Å²) >= 11 is 0. The molecule has 7 heteroatoms. The van der Waals surface area contributed by atoms with Gasteiger partial charge in [0, 0.05) is 44.4 Å². The predicted octanol–water partition coefficient (Wildman–Crippen LogP) is 14.2. The fraction of sp³-hybridized carbons (Fsp3) is 0.241. The maximum Gasteiger partial charge on any atom is 0.216 e. The van der Waals surface area contributed by atoms with E-state index in [4.69, 9.17) is 10.8 Å². The second kappa shape index (κ2) is 17.9. The number of aryl methyl sites for hydroxylation is 1. The van der Waals surface area contributed by atoms with Crippen LogP contribution in [-0.2, 0) is 20.1 Å². The number of benzene rings is 5. The van der Waals surface area contributed by atoms with Gasteiger partial charge >= 0.3 is 0 Å². The third-order valence-electron chi connectivity index (χ3n) is 11.3. The van der Waals surface area contributed by atoms with Crippen molar-refractivity contribution in [1.82, 2.24) is 19.5 Å². The maximum absolute atomic E-state index is 8.01. The van der Waals surface area contributed by atoms with Crippen LogP contribution in [0.15, 0.2) is 132 Å². The Kier molecular flexibility index (Phi) is 12.4. The van der Waals surface area contributed by atoms with Crippen molar-refractivity contribution in [2.45, 2.75) is 85.8 Å². The number of imidazole rings is 1. The molecule has 0 fully saturated rings. The van der Waals surface area contributed by atoms with Gasteiger partial charge in [-0.25, -0.2) is 4.98 Å². The fourth-order valence-corrected chi connectivity index (χ4v) is 8.84. The molecule has 0 N–H and O–H groups in total. The van der Waals surface area contributed by atoms with E-state index in [1.165, 1.54) is 33.1 Å². The summed E-state index contributed by atoms with van der Waals surface area (Å²) in [6, 6.07) is 48.8. The average Bonchev–Trinajstić information content (AvgIpc) is 3.81. The summed E-state index contributed by atoms with van der Waals surface area (Å²) in [6.45, 7) is 21.8. The molecule has 0 saturated heterocycles. The molecule has 9 rings (SSSR count). The molecular formula is C54H54IrN4OSi-2. The van der Waals surface area contributed by atoms with Crippen LogP contribution in [-0.4, -0.2) is 27.6 Å². The topological polar surface area (TPSA) is 56.7 Å². The monoisotopic (exact) mass is 996 g/mol. The van der Waals surface area contributed by atoms with Crippen LogP contribution in [0.25, 0.3) is 72.6 Å². The van der Waals surface area contributed by atoms with E-state index in [0.29, 0.717) is 17.5 Å². The Bertz CT molecular complexity index is 2910. The first-order valence-electron chi connectivity index (χ1n) is 21.5. The Labute approximate surface area is 377 Å². The normalized spacial score (nSPS) is 12.2. The van der Waals surface area contributed by atoms with E-state index >= 15 is 0 Å². The zero-order chi connectivity index (χ0) is 43.2. The first-order valence-corrected chi connectivity index (χ1v) is 24.5. The summed E-state index contributed by atoms with van der Waals surface area (Å²) in [5.41, 5.74) is 14.3. The fourth-order valence-electron chi connectivity index (χ4n) is 7.81. The minimum absolute atomic E-state index is 0. The maximum atomic E-state index is 8.01. The van der Waals surface area contributed by atoms with Gasteiger partial charge in [0.2, 0.25) is 5.71 Å². The zero-order valence-electron chi connectivity index (χ0n) is 37.8. The summed E-state index contributed by atoms with van der Waals surface area (Å²) in [7, 11) is -1.29. The van der Waals surface area contributed by atoms with E-state index in [2.05, 4.69) is 159 Å². The average molecular weight is 996 g/mol. The molecule has 4 aromatic heterocycles. The van der Waals surface area contributed by atoms with Crippen molar-refractivity contribution in [2.24, 2.45) is 0 Å². The van der Waals surface area contributed by atoms with Crippen LogP contribution in [0.5, 0.6) is 0 Å². The van der Waals surface area contributed by atoms with E-state index in [-0.39, 0.29) is 20.1 Å². The van der Waals surface area contributed by atoms with Crippen LogP contribution in [0.4, 0.5) is 0 Å². The third-order valence-corrected chi connectivity index (χ3v) is 13.3. The van der Waals surface area contributed by atoms with E-state index < -0.39 is 14.0 Å². The molecule has 0 saturated carbocycles. The summed E-state index contributed by atoms with van der Waals surface area (Å²) in [5, 5.41) is 3.39. The van der Waals surface area contributed by atoms with Crippen LogP contribution in [0.2, 0.25) is 19.6 Å². The van der Waals surface area contributed by atoms with Gasteiger partial charge in [0.1, 0.15) is 0 Å². The largest absolute Gasteiger partial charge is 0.486 e. The molecular weight excluding hydrogens is 941 g/mol. The third kappa shape index (κ3) is 8.83. The molecule has 9 aromatic rings. The molecule has 0 aliphatic rings. The number of hydrogen-bond donors (Lipinski definition) is 0. The van der Waals surface area contributed by atoms with Gasteiger partial charge in [0.05, 0.1) is 30.5 Å². The first kappa shape index (κ1) is 42.2. The van der Waals surface area contributed by atoms with Gasteiger partial charge in [0.15, 0.2) is 0 Å². The molecule has 0 bridgehead atoms. The van der Waals surface area contributed by atoms with E-state index in [9.17, 15) is 0 Å². The van der Waals surface area contributed by atoms with Crippen LogP contribution >= 0.6 is 0 Å². The minimum atomic E-state index is -1.29. The van der Waals surface area contributed by atoms with Gasteiger partial charge in [-0.15, -0.1) is 53.6 Å². The molecule has 5 nitrogen and oxygen atoms in total. The number of aromatic nitrogens is 4. The second-order valence-electron chi connectivity index (χ2n) is 17.6. The summed E-state index contributed by atoms with van der Waals surface area (Å²) in [6.07, 6.45) is 2.00. The Balaban J connectivity index is 0.000000233. The number of fused-ring (bicyclic) bond motifs is 4. The Morgan fingerprint density at radius 2 is 1.43 bits per heavy atom. The van der Waals surface area contributed by atoms with Crippen molar-refractivity contribution >= 4 is 46.4 Å². The number of hydrogen-bond acceptors (Lipinski definition) is 4. The predicted molar refractivity (Wildman–Crippen MR) is 254 cm³/mol.